The van der Waals surface area contributed by atoms with E-state index in [1.807, 2.05) is 56.3 Å². The van der Waals surface area contributed by atoms with Gasteiger partial charge in [-0.2, -0.15) is 0 Å². The van der Waals surface area contributed by atoms with Gasteiger partial charge in [-0.05, 0) is 55.5 Å². The molecule has 3 N–H and O–H groups in total. The van der Waals surface area contributed by atoms with Crippen molar-refractivity contribution in [3.05, 3.63) is 70.3 Å². The number of aliphatic hydroxyl groups is 1. The van der Waals surface area contributed by atoms with Crippen LogP contribution in [0.25, 0.3) is 0 Å². The fourth-order valence-electron chi connectivity index (χ4n) is 3.10. The van der Waals surface area contributed by atoms with Gasteiger partial charge in [-0.3, -0.25) is 9.59 Å². The normalized spacial score (nSPS) is 14.5. The maximum atomic E-state index is 12.3. The molecule has 0 spiro atoms. The summed E-state index contributed by atoms with van der Waals surface area (Å²) in [6.45, 7) is 4.02. The third-order valence-electron chi connectivity index (χ3n) is 5.11. The number of aryl methyl sites for hydroxylation is 3. The van der Waals surface area contributed by atoms with E-state index in [1.54, 1.807) is 0 Å². The van der Waals surface area contributed by atoms with Crippen molar-refractivity contribution in [3.8, 4) is 0 Å². The Bertz CT molecular complexity index is 830. The molecule has 0 saturated carbocycles. The summed E-state index contributed by atoms with van der Waals surface area (Å²) in [5.41, 5.74) is 5.21. The number of carbonyl (C=O) groups is 2. The molecule has 0 bridgehead atoms. The fourth-order valence-corrected chi connectivity index (χ4v) is 3.10. The lowest BCUT2D eigenvalue weighted by atomic mass is 9.87. The first-order chi connectivity index (χ1) is 12.9. The summed E-state index contributed by atoms with van der Waals surface area (Å²) in [6.07, 6.45) is 1.26. The van der Waals surface area contributed by atoms with Gasteiger partial charge in [-0.15, -0.1) is 0 Å². The van der Waals surface area contributed by atoms with Crippen LogP contribution in [-0.4, -0.2) is 36.1 Å². The van der Waals surface area contributed by atoms with Crippen LogP contribution in [0.3, 0.4) is 0 Å². The van der Waals surface area contributed by atoms with E-state index in [9.17, 15) is 14.7 Å². The van der Waals surface area contributed by atoms with Gasteiger partial charge in [0.25, 0.3) is 5.91 Å². The van der Waals surface area contributed by atoms with Crippen LogP contribution in [-0.2, 0) is 17.6 Å². The largest absolute Gasteiger partial charge is 0.389 e. The number of aliphatic hydroxyl groups excluding tert-OH is 1. The van der Waals surface area contributed by atoms with Gasteiger partial charge in [0.2, 0.25) is 5.91 Å². The van der Waals surface area contributed by atoms with Crippen LogP contribution >= 0.6 is 0 Å². The number of fused-ring (bicyclic) bond motifs is 1. The average molecular weight is 366 g/mol. The first kappa shape index (κ1) is 19.1. The maximum absolute atomic E-state index is 12.3. The van der Waals surface area contributed by atoms with Gasteiger partial charge in [0.15, 0.2) is 0 Å². The maximum Gasteiger partial charge on any atom is 0.251 e. The zero-order valence-corrected chi connectivity index (χ0v) is 15.8. The van der Waals surface area contributed by atoms with E-state index in [0.717, 1.165) is 24.0 Å². The molecule has 3 rings (SSSR count). The van der Waals surface area contributed by atoms with E-state index in [0.29, 0.717) is 5.56 Å². The summed E-state index contributed by atoms with van der Waals surface area (Å²) in [5, 5.41) is 15.5. The third-order valence-corrected chi connectivity index (χ3v) is 5.11. The monoisotopic (exact) mass is 366 g/mol. The van der Waals surface area contributed by atoms with Crippen molar-refractivity contribution in [1.29, 1.82) is 0 Å². The average Bonchev–Trinajstić information content (AvgIpc) is 2.65. The number of hydrogen-bond acceptors (Lipinski definition) is 3. The molecule has 0 radical (unpaired) electrons. The molecule has 5 nitrogen and oxygen atoms in total. The van der Waals surface area contributed by atoms with Crippen LogP contribution in [0, 0.1) is 6.92 Å². The first-order valence-electron chi connectivity index (χ1n) is 9.36. The van der Waals surface area contributed by atoms with E-state index in [4.69, 9.17) is 0 Å². The number of rotatable bonds is 7. The van der Waals surface area contributed by atoms with Gasteiger partial charge in [0, 0.05) is 18.7 Å². The summed E-state index contributed by atoms with van der Waals surface area (Å²) in [7, 11) is 0. The summed E-state index contributed by atoms with van der Waals surface area (Å²) in [4.78, 5) is 24.4. The Morgan fingerprint density at radius 3 is 2.30 bits per heavy atom. The van der Waals surface area contributed by atoms with Gasteiger partial charge in [-0.25, -0.2) is 0 Å². The Labute approximate surface area is 159 Å². The molecule has 0 heterocycles. The van der Waals surface area contributed by atoms with Crippen molar-refractivity contribution in [3.63, 3.8) is 0 Å². The van der Waals surface area contributed by atoms with E-state index < -0.39 is 6.10 Å². The summed E-state index contributed by atoms with van der Waals surface area (Å²) >= 11 is 0. The molecule has 1 aliphatic rings. The number of hydrogen-bond donors (Lipinski definition) is 3. The minimum Gasteiger partial charge on any atom is -0.389 e. The second-order valence-electron chi connectivity index (χ2n) is 7.22. The van der Waals surface area contributed by atoms with Crippen molar-refractivity contribution < 1.29 is 14.7 Å². The van der Waals surface area contributed by atoms with Crippen molar-refractivity contribution >= 4 is 11.8 Å². The molecular formula is C22H26N2O3. The molecule has 2 unspecified atom stereocenters. The van der Waals surface area contributed by atoms with Crippen molar-refractivity contribution in [2.75, 3.05) is 13.1 Å². The van der Waals surface area contributed by atoms with Crippen LogP contribution < -0.4 is 10.6 Å². The Morgan fingerprint density at radius 1 is 1.00 bits per heavy atom. The zero-order chi connectivity index (χ0) is 19.4. The third kappa shape index (κ3) is 4.74. The van der Waals surface area contributed by atoms with E-state index in [1.165, 1.54) is 11.1 Å². The molecule has 0 aliphatic heterocycles. The van der Waals surface area contributed by atoms with Crippen LogP contribution in [0.5, 0.6) is 0 Å². The van der Waals surface area contributed by atoms with Crippen molar-refractivity contribution in [2.24, 2.45) is 0 Å². The zero-order valence-electron chi connectivity index (χ0n) is 15.8. The molecule has 2 amide bonds. The summed E-state index contributed by atoms with van der Waals surface area (Å²) in [6, 6.07) is 13.5. The molecule has 142 valence electrons. The molecule has 0 fully saturated rings. The standard InChI is InChI=1S/C22H26N2O3/c1-14-3-5-16(6-4-14)15(2)21(26)23-12-20(25)13-24-22(27)19-10-8-17-7-9-18(17)11-19/h3-6,8,10-11,15,20,25H,7,9,12-13H2,1-2H3,(H,23,26)(H,24,27). The highest BCUT2D eigenvalue weighted by Gasteiger charge is 2.18. The second-order valence-corrected chi connectivity index (χ2v) is 7.22. The SMILES string of the molecule is Cc1ccc(C(C)C(=O)NCC(O)CNC(=O)c2ccc3c(c2)CC3)cc1. The van der Waals surface area contributed by atoms with Crippen molar-refractivity contribution in [2.45, 2.75) is 38.7 Å². The number of benzene rings is 2. The molecular weight excluding hydrogens is 340 g/mol. The first-order valence-corrected chi connectivity index (χ1v) is 9.36. The van der Waals surface area contributed by atoms with Crippen molar-refractivity contribution in [1.82, 2.24) is 10.6 Å². The van der Waals surface area contributed by atoms with Crippen LogP contribution in [0.1, 0.15) is 45.5 Å². The summed E-state index contributed by atoms with van der Waals surface area (Å²) < 4.78 is 0. The van der Waals surface area contributed by atoms with E-state index in [2.05, 4.69) is 10.6 Å². The molecule has 0 aromatic heterocycles. The molecule has 2 aromatic carbocycles. The smallest absolute Gasteiger partial charge is 0.251 e. The molecule has 5 heteroatoms. The summed E-state index contributed by atoms with van der Waals surface area (Å²) in [5.74, 6) is -0.649. The van der Waals surface area contributed by atoms with Gasteiger partial charge in [-0.1, -0.05) is 35.9 Å². The van der Waals surface area contributed by atoms with Crippen LogP contribution in [0.4, 0.5) is 0 Å². The van der Waals surface area contributed by atoms with E-state index in [-0.39, 0.29) is 30.8 Å². The number of nitrogens with one attached hydrogen (secondary N) is 2. The molecule has 27 heavy (non-hydrogen) atoms. The highest BCUT2D eigenvalue weighted by atomic mass is 16.3. The van der Waals surface area contributed by atoms with Gasteiger partial charge in [0.05, 0.1) is 12.0 Å². The highest BCUT2D eigenvalue weighted by molar-refractivity contribution is 5.94. The Hall–Kier alpha value is -2.66. The van der Waals surface area contributed by atoms with Gasteiger partial charge in [0.1, 0.15) is 0 Å². The van der Waals surface area contributed by atoms with Gasteiger partial charge >= 0.3 is 0 Å². The minimum atomic E-state index is -0.838. The van der Waals surface area contributed by atoms with Crippen LogP contribution in [0.15, 0.2) is 42.5 Å². The predicted molar refractivity (Wildman–Crippen MR) is 105 cm³/mol. The Morgan fingerprint density at radius 2 is 1.67 bits per heavy atom. The second kappa shape index (κ2) is 8.35. The Kier molecular flexibility index (Phi) is 5.91. The number of amides is 2. The highest BCUT2D eigenvalue weighted by Crippen LogP contribution is 2.23. The lowest BCUT2D eigenvalue weighted by Crippen LogP contribution is -2.41. The molecule has 2 atom stereocenters. The molecule has 1 aliphatic carbocycles. The quantitative estimate of drug-likeness (QED) is 0.702. The van der Waals surface area contributed by atoms with Crippen LogP contribution in [0.2, 0.25) is 0 Å². The predicted octanol–water partition coefficient (Wildman–Crippen LogP) is 2.10. The minimum absolute atomic E-state index is 0.0924. The molecule has 0 saturated heterocycles. The lowest BCUT2D eigenvalue weighted by Gasteiger charge is -2.19. The van der Waals surface area contributed by atoms with Gasteiger partial charge < -0.3 is 15.7 Å². The molecule has 2 aromatic rings. The van der Waals surface area contributed by atoms with E-state index >= 15 is 0 Å². The Balaban J connectivity index is 1.42. The number of carbonyl (C=O) groups excluding carboxylic acids is 2. The topological polar surface area (TPSA) is 78.4 Å². The fraction of sp³-hybridized carbons (Fsp3) is 0.364. The lowest BCUT2D eigenvalue weighted by molar-refractivity contribution is -0.122.